The largest absolute Gasteiger partial charge is 0.495 e. The van der Waals surface area contributed by atoms with Crippen molar-refractivity contribution >= 4 is 21.6 Å². The fourth-order valence-electron chi connectivity index (χ4n) is 3.31. The molecule has 9 nitrogen and oxygen atoms in total. The molecule has 174 valence electrons. The van der Waals surface area contributed by atoms with Crippen LogP contribution in [0.1, 0.15) is 16.3 Å². The second-order valence-corrected chi connectivity index (χ2v) is 9.14. The number of hydrogen-bond acceptors (Lipinski definition) is 7. The molecule has 0 unspecified atom stereocenters. The molecule has 3 aromatic rings. The summed E-state index contributed by atoms with van der Waals surface area (Å²) in [5, 5.41) is 2.67. The van der Waals surface area contributed by atoms with Gasteiger partial charge in [0.1, 0.15) is 23.9 Å². The minimum absolute atomic E-state index is 0.0527. The molecule has 1 aliphatic heterocycles. The van der Waals surface area contributed by atoms with Crippen LogP contribution < -0.4 is 14.8 Å². The minimum Gasteiger partial charge on any atom is -0.495 e. The molecule has 1 aliphatic rings. The van der Waals surface area contributed by atoms with Crippen LogP contribution in [0.3, 0.4) is 0 Å². The first-order chi connectivity index (χ1) is 16.0. The van der Waals surface area contributed by atoms with Crippen molar-refractivity contribution in [2.24, 2.45) is 0 Å². The van der Waals surface area contributed by atoms with Crippen LogP contribution in [0.4, 0.5) is 5.69 Å². The molecule has 0 atom stereocenters. The van der Waals surface area contributed by atoms with Crippen molar-refractivity contribution in [3.05, 3.63) is 72.2 Å². The lowest BCUT2D eigenvalue weighted by atomic mass is 10.3. The number of furan rings is 1. The summed E-state index contributed by atoms with van der Waals surface area (Å²) in [6, 6.07) is 16.8. The summed E-state index contributed by atoms with van der Waals surface area (Å²) in [5.41, 5.74) is 0.218. The second-order valence-electron chi connectivity index (χ2n) is 7.20. The van der Waals surface area contributed by atoms with Crippen molar-refractivity contribution in [3.8, 4) is 11.5 Å². The molecule has 1 saturated heterocycles. The lowest BCUT2D eigenvalue weighted by Crippen LogP contribution is -2.40. The number of sulfonamides is 1. The topological polar surface area (TPSA) is 107 Å². The van der Waals surface area contributed by atoms with Crippen molar-refractivity contribution in [1.29, 1.82) is 0 Å². The van der Waals surface area contributed by atoms with Crippen LogP contribution in [0.15, 0.2) is 70.0 Å². The van der Waals surface area contributed by atoms with E-state index in [9.17, 15) is 13.2 Å². The van der Waals surface area contributed by atoms with Gasteiger partial charge in [-0.25, -0.2) is 8.42 Å². The van der Waals surface area contributed by atoms with Crippen molar-refractivity contribution in [3.63, 3.8) is 0 Å². The number of nitrogens with zero attached hydrogens (tertiary/aromatic N) is 1. The average molecular weight is 473 g/mol. The summed E-state index contributed by atoms with van der Waals surface area (Å²) in [7, 11) is -2.30. The van der Waals surface area contributed by atoms with Gasteiger partial charge in [-0.05, 0) is 42.5 Å². The van der Waals surface area contributed by atoms with Gasteiger partial charge in [0.25, 0.3) is 5.91 Å². The molecule has 0 saturated carbocycles. The van der Waals surface area contributed by atoms with Gasteiger partial charge in [0.05, 0.1) is 30.9 Å². The van der Waals surface area contributed by atoms with E-state index in [2.05, 4.69) is 5.32 Å². The molecule has 1 aromatic heterocycles. The molecule has 2 aromatic carbocycles. The highest BCUT2D eigenvalue weighted by molar-refractivity contribution is 7.89. The molecule has 4 rings (SSSR count). The van der Waals surface area contributed by atoms with E-state index in [0.29, 0.717) is 30.5 Å². The van der Waals surface area contributed by atoms with E-state index in [0.717, 1.165) is 0 Å². The molecule has 0 radical (unpaired) electrons. The number of anilines is 1. The third kappa shape index (κ3) is 5.36. The summed E-state index contributed by atoms with van der Waals surface area (Å²) >= 11 is 0. The highest BCUT2D eigenvalue weighted by Gasteiger charge is 2.27. The molecule has 10 heteroatoms. The number of rotatable bonds is 8. The van der Waals surface area contributed by atoms with E-state index in [-0.39, 0.29) is 36.0 Å². The van der Waals surface area contributed by atoms with E-state index in [4.69, 9.17) is 18.6 Å². The molecule has 2 heterocycles. The monoisotopic (exact) mass is 472 g/mol. The predicted octanol–water partition coefficient (Wildman–Crippen LogP) is 3.14. The van der Waals surface area contributed by atoms with E-state index in [1.165, 1.54) is 35.7 Å². The smallest absolute Gasteiger partial charge is 0.291 e. The number of methoxy groups -OCH3 is 1. The van der Waals surface area contributed by atoms with Gasteiger partial charge in [0, 0.05) is 13.1 Å². The second kappa shape index (κ2) is 10.1. The van der Waals surface area contributed by atoms with Crippen molar-refractivity contribution in [2.45, 2.75) is 11.5 Å². The predicted molar refractivity (Wildman–Crippen MR) is 120 cm³/mol. The van der Waals surface area contributed by atoms with Crippen molar-refractivity contribution in [1.82, 2.24) is 4.31 Å². The Labute approximate surface area is 191 Å². The van der Waals surface area contributed by atoms with Crippen LogP contribution in [0.25, 0.3) is 0 Å². The molecule has 0 spiro atoms. The Balaban J connectivity index is 1.48. The van der Waals surface area contributed by atoms with Gasteiger partial charge in [0.15, 0.2) is 5.76 Å². The minimum atomic E-state index is -3.73. The summed E-state index contributed by atoms with van der Waals surface area (Å²) in [5.74, 6) is 0.997. The third-order valence-electron chi connectivity index (χ3n) is 5.04. The molecule has 0 bridgehead atoms. The van der Waals surface area contributed by atoms with Gasteiger partial charge in [0.2, 0.25) is 10.0 Å². The standard InChI is InChI=1S/C23H24N2O7S/c1-29-21-10-8-19(33(27,28)25-11-13-30-14-12-25)15-20(21)24-23(26)22-9-7-18(32-22)16-31-17-5-3-2-4-6-17/h2-10,15H,11-14,16H2,1H3,(H,24,26). The van der Waals surface area contributed by atoms with Crippen LogP contribution in [-0.4, -0.2) is 52.0 Å². The molecule has 1 N–H and O–H groups in total. The molecule has 33 heavy (non-hydrogen) atoms. The Bertz CT molecular complexity index is 1200. The van der Waals surface area contributed by atoms with Crippen LogP contribution >= 0.6 is 0 Å². The van der Waals surface area contributed by atoms with E-state index < -0.39 is 15.9 Å². The van der Waals surface area contributed by atoms with Crippen molar-refractivity contribution < 1.29 is 31.8 Å². The molecular weight excluding hydrogens is 448 g/mol. The lowest BCUT2D eigenvalue weighted by Gasteiger charge is -2.26. The normalized spacial score (nSPS) is 14.6. The number of hydrogen-bond donors (Lipinski definition) is 1. The van der Waals surface area contributed by atoms with Gasteiger partial charge in [-0.1, -0.05) is 18.2 Å². The summed E-state index contributed by atoms with van der Waals surface area (Å²) < 4.78 is 49.0. The zero-order valence-electron chi connectivity index (χ0n) is 18.0. The summed E-state index contributed by atoms with van der Waals surface area (Å²) in [6.07, 6.45) is 0. The first-order valence-electron chi connectivity index (χ1n) is 10.3. The first kappa shape index (κ1) is 22.8. The third-order valence-corrected chi connectivity index (χ3v) is 6.93. The number of amides is 1. The first-order valence-corrected chi connectivity index (χ1v) is 11.8. The fourth-order valence-corrected chi connectivity index (χ4v) is 4.75. The zero-order valence-corrected chi connectivity index (χ0v) is 18.8. The number of ether oxygens (including phenoxy) is 3. The van der Waals surface area contributed by atoms with Gasteiger partial charge in [-0.2, -0.15) is 4.31 Å². The summed E-state index contributed by atoms with van der Waals surface area (Å²) in [4.78, 5) is 12.8. The zero-order chi connectivity index (χ0) is 23.3. The Hall–Kier alpha value is -3.34. The molecule has 1 fully saturated rings. The number of nitrogens with one attached hydrogen (secondary N) is 1. The van der Waals surface area contributed by atoms with Crippen molar-refractivity contribution in [2.75, 3.05) is 38.7 Å². The van der Waals surface area contributed by atoms with Gasteiger partial charge < -0.3 is 23.9 Å². The fraction of sp³-hybridized carbons (Fsp3) is 0.261. The van der Waals surface area contributed by atoms with Gasteiger partial charge in [-0.15, -0.1) is 0 Å². The Morgan fingerprint density at radius 1 is 1.06 bits per heavy atom. The highest BCUT2D eigenvalue weighted by atomic mass is 32.2. The molecule has 0 aliphatic carbocycles. The van der Waals surface area contributed by atoms with Crippen LogP contribution in [-0.2, 0) is 21.4 Å². The van der Waals surface area contributed by atoms with Gasteiger partial charge in [-0.3, -0.25) is 4.79 Å². The van der Waals surface area contributed by atoms with Crippen LogP contribution in [0.5, 0.6) is 11.5 Å². The quantitative estimate of drug-likeness (QED) is 0.537. The van der Waals surface area contributed by atoms with E-state index in [1.807, 2.05) is 30.3 Å². The van der Waals surface area contributed by atoms with E-state index in [1.54, 1.807) is 6.07 Å². The maximum Gasteiger partial charge on any atom is 0.291 e. The number of carbonyl (C=O) groups is 1. The number of para-hydroxylation sites is 1. The Morgan fingerprint density at radius 3 is 2.55 bits per heavy atom. The SMILES string of the molecule is COc1ccc(S(=O)(=O)N2CCOCC2)cc1NC(=O)c1ccc(COc2ccccc2)o1. The average Bonchev–Trinajstić information content (AvgIpc) is 3.33. The highest BCUT2D eigenvalue weighted by Crippen LogP contribution is 2.30. The Morgan fingerprint density at radius 2 is 1.82 bits per heavy atom. The number of carbonyl (C=O) groups excluding carboxylic acids is 1. The number of benzene rings is 2. The van der Waals surface area contributed by atoms with E-state index >= 15 is 0 Å². The van der Waals surface area contributed by atoms with Crippen LogP contribution in [0, 0.1) is 0 Å². The maximum absolute atomic E-state index is 13.0. The lowest BCUT2D eigenvalue weighted by molar-refractivity contribution is 0.0730. The molecular formula is C23H24N2O7S. The maximum atomic E-state index is 13.0. The van der Waals surface area contributed by atoms with Gasteiger partial charge >= 0.3 is 0 Å². The summed E-state index contributed by atoms with van der Waals surface area (Å²) in [6.45, 7) is 1.39. The molecule has 1 amide bonds. The number of morpholine rings is 1. The Kier molecular flexibility index (Phi) is 6.97. The van der Waals surface area contributed by atoms with Crippen LogP contribution in [0.2, 0.25) is 0 Å².